The van der Waals surface area contributed by atoms with Gasteiger partial charge in [-0.3, -0.25) is 0 Å². The first-order valence-electron chi connectivity index (χ1n) is 6.56. The van der Waals surface area contributed by atoms with Crippen LogP contribution < -0.4 is 0 Å². The second-order valence-corrected chi connectivity index (χ2v) is 6.14. The second-order valence-electron chi connectivity index (χ2n) is 5.36. The standard InChI is InChI=1S/C14H15Cl2FN2O/c1-14(3-5-20-8-14)19-12-6-9(16)10(17)7-11(12)18-13(19)2-4-15/h6-7H,2-5,8H2,1H3. The Morgan fingerprint density at radius 1 is 1.50 bits per heavy atom. The van der Waals surface area contributed by atoms with Crippen LogP contribution in [-0.4, -0.2) is 28.6 Å². The van der Waals surface area contributed by atoms with Crippen LogP contribution in [0.2, 0.25) is 5.02 Å². The molecule has 0 spiro atoms. The van der Waals surface area contributed by atoms with Gasteiger partial charge in [0.1, 0.15) is 11.6 Å². The SMILES string of the molecule is CC1(n2c(CCCl)nc3cc(F)c(Cl)cc32)CCOC1. The van der Waals surface area contributed by atoms with E-state index in [9.17, 15) is 4.39 Å². The topological polar surface area (TPSA) is 27.1 Å². The molecule has 1 unspecified atom stereocenters. The van der Waals surface area contributed by atoms with E-state index in [1.807, 2.05) is 0 Å². The van der Waals surface area contributed by atoms with E-state index >= 15 is 0 Å². The zero-order valence-electron chi connectivity index (χ0n) is 11.1. The maximum atomic E-state index is 13.6. The van der Waals surface area contributed by atoms with E-state index in [4.69, 9.17) is 27.9 Å². The number of rotatable bonds is 3. The summed E-state index contributed by atoms with van der Waals surface area (Å²) in [4.78, 5) is 4.52. The van der Waals surface area contributed by atoms with Gasteiger partial charge in [0.05, 0.1) is 28.2 Å². The highest BCUT2D eigenvalue weighted by Gasteiger charge is 2.35. The minimum atomic E-state index is -0.450. The maximum absolute atomic E-state index is 13.6. The number of imidazole rings is 1. The van der Waals surface area contributed by atoms with E-state index in [1.54, 1.807) is 6.07 Å². The van der Waals surface area contributed by atoms with Gasteiger partial charge < -0.3 is 9.30 Å². The molecular formula is C14H15Cl2FN2O. The van der Waals surface area contributed by atoms with Gasteiger partial charge in [-0.2, -0.15) is 0 Å². The molecule has 1 fully saturated rings. The van der Waals surface area contributed by atoms with E-state index in [-0.39, 0.29) is 10.6 Å². The average Bonchev–Trinajstić information content (AvgIpc) is 2.96. The van der Waals surface area contributed by atoms with Crippen LogP contribution in [0.25, 0.3) is 11.0 Å². The lowest BCUT2D eigenvalue weighted by Crippen LogP contribution is -2.32. The highest BCUT2D eigenvalue weighted by atomic mass is 35.5. The van der Waals surface area contributed by atoms with Gasteiger partial charge >= 0.3 is 0 Å². The summed E-state index contributed by atoms with van der Waals surface area (Å²) in [5.74, 6) is 0.870. The van der Waals surface area contributed by atoms with E-state index < -0.39 is 5.82 Å². The monoisotopic (exact) mass is 316 g/mol. The second kappa shape index (κ2) is 5.17. The number of halogens is 3. The number of alkyl halides is 1. The molecule has 2 aromatic rings. The third-order valence-corrected chi connectivity index (χ3v) is 4.30. The first-order valence-corrected chi connectivity index (χ1v) is 7.47. The summed E-state index contributed by atoms with van der Waals surface area (Å²) in [5.41, 5.74) is 1.27. The van der Waals surface area contributed by atoms with Crippen molar-refractivity contribution in [3.63, 3.8) is 0 Å². The molecule has 0 aliphatic carbocycles. The number of hydrogen-bond donors (Lipinski definition) is 0. The number of hydrogen-bond acceptors (Lipinski definition) is 2. The Hall–Kier alpha value is -0.840. The normalized spacial score (nSPS) is 22.8. The maximum Gasteiger partial charge on any atom is 0.144 e. The van der Waals surface area contributed by atoms with Gasteiger partial charge in [0, 0.05) is 25.0 Å². The van der Waals surface area contributed by atoms with Gasteiger partial charge in [-0.15, -0.1) is 11.6 Å². The molecule has 1 aromatic carbocycles. The van der Waals surface area contributed by atoms with Crippen molar-refractivity contribution in [1.29, 1.82) is 0 Å². The van der Waals surface area contributed by atoms with Crippen molar-refractivity contribution < 1.29 is 9.13 Å². The molecule has 1 atom stereocenters. The Morgan fingerprint density at radius 2 is 2.30 bits per heavy atom. The molecule has 6 heteroatoms. The van der Waals surface area contributed by atoms with Crippen molar-refractivity contribution >= 4 is 34.2 Å². The molecule has 0 amide bonds. The largest absolute Gasteiger partial charge is 0.379 e. The summed E-state index contributed by atoms with van der Waals surface area (Å²) in [6.45, 7) is 3.45. The van der Waals surface area contributed by atoms with Crippen molar-refractivity contribution in [2.45, 2.75) is 25.3 Å². The molecule has 1 aromatic heterocycles. The first kappa shape index (κ1) is 14.1. The zero-order chi connectivity index (χ0) is 14.3. The quantitative estimate of drug-likeness (QED) is 0.806. The number of nitrogens with zero attached hydrogens (tertiary/aromatic N) is 2. The summed E-state index contributed by atoms with van der Waals surface area (Å²) in [5, 5.41) is 0.110. The number of aromatic nitrogens is 2. The summed E-state index contributed by atoms with van der Waals surface area (Å²) in [6.07, 6.45) is 1.52. The molecular weight excluding hydrogens is 302 g/mol. The Balaban J connectivity index is 2.25. The van der Waals surface area contributed by atoms with E-state index in [1.165, 1.54) is 6.07 Å². The molecule has 3 rings (SSSR count). The summed E-state index contributed by atoms with van der Waals surface area (Å²) in [6, 6.07) is 3.02. The van der Waals surface area contributed by atoms with Crippen LogP contribution in [0.4, 0.5) is 4.39 Å². The van der Waals surface area contributed by atoms with Crippen molar-refractivity contribution in [1.82, 2.24) is 9.55 Å². The van der Waals surface area contributed by atoms with Crippen LogP contribution in [0, 0.1) is 5.82 Å². The fourth-order valence-electron chi connectivity index (χ4n) is 2.81. The van der Waals surface area contributed by atoms with Crippen molar-refractivity contribution in [3.8, 4) is 0 Å². The van der Waals surface area contributed by atoms with Gasteiger partial charge in [-0.1, -0.05) is 11.6 Å². The number of benzene rings is 1. The average molecular weight is 317 g/mol. The summed E-state index contributed by atoms with van der Waals surface area (Å²) >= 11 is 11.8. The Labute approximate surface area is 126 Å². The smallest absolute Gasteiger partial charge is 0.144 e. The fraction of sp³-hybridized carbons (Fsp3) is 0.500. The number of fused-ring (bicyclic) bond motifs is 1. The Kier molecular flexibility index (Phi) is 3.65. The highest BCUT2D eigenvalue weighted by molar-refractivity contribution is 6.31. The molecule has 108 valence electrons. The predicted molar refractivity (Wildman–Crippen MR) is 78.2 cm³/mol. The highest BCUT2D eigenvalue weighted by Crippen LogP contribution is 2.34. The van der Waals surface area contributed by atoms with Crippen LogP contribution in [0.1, 0.15) is 19.2 Å². The van der Waals surface area contributed by atoms with Crippen molar-refractivity contribution in [2.75, 3.05) is 19.1 Å². The number of ether oxygens (including phenoxy) is 1. The van der Waals surface area contributed by atoms with E-state index in [0.29, 0.717) is 31.0 Å². The lowest BCUT2D eigenvalue weighted by molar-refractivity contribution is 0.162. The molecule has 0 N–H and O–H groups in total. The fourth-order valence-corrected chi connectivity index (χ4v) is 3.14. The van der Waals surface area contributed by atoms with Crippen LogP contribution in [0.5, 0.6) is 0 Å². The van der Waals surface area contributed by atoms with Gasteiger partial charge in [-0.25, -0.2) is 9.37 Å². The minimum absolute atomic E-state index is 0.110. The molecule has 0 saturated carbocycles. The van der Waals surface area contributed by atoms with Crippen LogP contribution in [0.15, 0.2) is 12.1 Å². The molecule has 0 bridgehead atoms. The van der Waals surface area contributed by atoms with Gasteiger partial charge in [0.25, 0.3) is 0 Å². The summed E-state index contributed by atoms with van der Waals surface area (Å²) in [7, 11) is 0. The molecule has 2 heterocycles. The third kappa shape index (κ3) is 2.20. The number of aryl methyl sites for hydroxylation is 1. The van der Waals surface area contributed by atoms with Crippen LogP contribution in [-0.2, 0) is 16.7 Å². The van der Waals surface area contributed by atoms with E-state index in [0.717, 1.165) is 17.8 Å². The van der Waals surface area contributed by atoms with Crippen LogP contribution in [0.3, 0.4) is 0 Å². The molecule has 3 nitrogen and oxygen atoms in total. The van der Waals surface area contributed by atoms with Gasteiger partial charge in [-0.05, 0) is 19.4 Å². The minimum Gasteiger partial charge on any atom is -0.379 e. The zero-order valence-corrected chi connectivity index (χ0v) is 12.6. The summed E-state index contributed by atoms with van der Waals surface area (Å²) < 4.78 is 21.3. The molecule has 1 saturated heterocycles. The molecule has 0 radical (unpaired) electrons. The van der Waals surface area contributed by atoms with Gasteiger partial charge in [0.15, 0.2) is 0 Å². The predicted octanol–water partition coefficient (Wildman–Crippen LogP) is 3.75. The molecule has 1 aliphatic heterocycles. The van der Waals surface area contributed by atoms with Gasteiger partial charge in [0.2, 0.25) is 0 Å². The Bertz CT molecular complexity index is 650. The van der Waals surface area contributed by atoms with Crippen molar-refractivity contribution in [2.24, 2.45) is 0 Å². The van der Waals surface area contributed by atoms with Crippen molar-refractivity contribution in [3.05, 3.63) is 28.8 Å². The Morgan fingerprint density at radius 3 is 2.95 bits per heavy atom. The molecule has 20 heavy (non-hydrogen) atoms. The lowest BCUT2D eigenvalue weighted by atomic mass is 10.0. The first-order chi connectivity index (χ1) is 9.55. The van der Waals surface area contributed by atoms with Crippen LogP contribution >= 0.6 is 23.2 Å². The third-order valence-electron chi connectivity index (χ3n) is 3.82. The molecule has 1 aliphatic rings. The van der Waals surface area contributed by atoms with E-state index in [2.05, 4.69) is 16.5 Å². The lowest BCUT2D eigenvalue weighted by Gasteiger charge is -2.27.